The maximum atomic E-state index is 5.69. The number of ether oxygens (including phenoxy) is 1. The van der Waals surface area contributed by atoms with Crippen LogP contribution < -0.4 is 5.32 Å². The average molecular weight is 211 g/mol. The lowest BCUT2D eigenvalue weighted by Crippen LogP contribution is -2.33. The van der Waals surface area contributed by atoms with Crippen molar-refractivity contribution in [1.82, 2.24) is 5.32 Å². The Hall–Kier alpha value is -0.340. The summed E-state index contributed by atoms with van der Waals surface area (Å²) in [6.45, 7) is 7.71. The highest BCUT2D eigenvalue weighted by Crippen LogP contribution is 2.17. The zero-order valence-electron chi connectivity index (χ0n) is 10.0. The summed E-state index contributed by atoms with van der Waals surface area (Å²) in [5, 5.41) is 3.58. The quantitative estimate of drug-likeness (QED) is 0.492. The summed E-state index contributed by atoms with van der Waals surface area (Å²) in [5.74, 6) is 0. The van der Waals surface area contributed by atoms with Gasteiger partial charge in [0.1, 0.15) is 0 Å². The molecule has 1 atom stereocenters. The molecule has 1 unspecified atom stereocenters. The smallest absolute Gasteiger partial charge is 0.0671 e. The number of unbranched alkanes of at least 4 members (excludes halogenated alkanes) is 1. The van der Waals surface area contributed by atoms with Crippen molar-refractivity contribution in [3.05, 3.63) is 12.7 Å². The minimum Gasteiger partial charge on any atom is -0.377 e. The highest BCUT2D eigenvalue weighted by molar-refractivity contribution is 4.74. The first-order chi connectivity index (χ1) is 7.33. The molecule has 1 rings (SSSR count). The van der Waals surface area contributed by atoms with Crippen molar-refractivity contribution in [3.63, 3.8) is 0 Å². The van der Waals surface area contributed by atoms with Crippen molar-refractivity contribution in [1.29, 1.82) is 0 Å². The Morgan fingerprint density at radius 2 is 2.20 bits per heavy atom. The summed E-state index contributed by atoms with van der Waals surface area (Å²) >= 11 is 0. The van der Waals surface area contributed by atoms with Crippen LogP contribution >= 0.6 is 0 Å². The van der Waals surface area contributed by atoms with E-state index >= 15 is 0 Å². The number of nitrogens with one attached hydrogen (secondary N) is 1. The van der Waals surface area contributed by atoms with Gasteiger partial charge in [0.05, 0.1) is 6.10 Å². The van der Waals surface area contributed by atoms with Gasteiger partial charge in [0, 0.05) is 19.2 Å². The van der Waals surface area contributed by atoms with E-state index in [0.29, 0.717) is 6.10 Å². The molecule has 0 aromatic rings. The molecule has 0 bridgehead atoms. The number of allylic oxidation sites excluding steroid dienone is 1. The molecule has 2 heteroatoms. The van der Waals surface area contributed by atoms with Gasteiger partial charge in [0.2, 0.25) is 0 Å². The summed E-state index contributed by atoms with van der Waals surface area (Å²) in [5.41, 5.74) is 0. The Bertz CT molecular complexity index is 164. The van der Waals surface area contributed by atoms with Gasteiger partial charge in [-0.25, -0.2) is 0 Å². The molecular weight excluding hydrogens is 186 g/mol. The summed E-state index contributed by atoms with van der Waals surface area (Å²) in [6, 6.07) is 0.754. The van der Waals surface area contributed by atoms with Gasteiger partial charge in [0.15, 0.2) is 0 Å². The Labute approximate surface area is 94.1 Å². The highest BCUT2D eigenvalue weighted by atomic mass is 16.5. The number of hydrogen-bond acceptors (Lipinski definition) is 2. The molecule has 1 fully saturated rings. The first-order valence-electron chi connectivity index (χ1n) is 6.29. The first kappa shape index (κ1) is 12.7. The fourth-order valence-electron chi connectivity index (χ4n) is 2.03. The summed E-state index contributed by atoms with van der Waals surface area (Å²) in [7, 11) is 0. The van der Waals surface area contributed by atoms with Crippen LogP contribution in [0.3, 0.4) is 0 Å². The monoisotopic (exact) mass is 211 g/mol. The molecule has 1 N–H and O–H groups in total. The van der Waals surface area contributed by atoms with E-state index in [1.165, 1.54) is 25.7 Å². The van der Waals surface area contributed by atoms with Crippen LogP contribution in [0.1, 0.15) is 45.4 Å². The van der Waals surface area contributed by atoms with Crippen molar-refractivity contribution < 1.29 is 4.74 Å². The molecule has 0 aromatic carbocycles. The van der Waals surface area contributed by atoms with Gasteiger partial charge in [-0.05, 0) is 32.6 Å². The van der Waals surface area contributed by atoms with Crippen molar-refractivity contribution >= 4 is 0 Å². The minimum absolute atomic E-state index is 0.343. The van der Waals surface area contributed by atoms with Crippen LogP contribution in [0, 0.1) is 0 Å². The molecule has 15 heavy (non-hydrogen) atoms. The van der Waals surface area contributed by atoms with Crippen LogP contribution in [-0.4, -0.2) is 25.3 Å². The van der Waals surface area contributed by atoms with Gasteiger partial charge in [-0.1, -0.05) is 18.9 Å². The first-order valence-corrected chi connectivity index (χ1v) is 6.29. The lowest BCUT2D eigenvalue weighted by atomic mass is 10.2. The topological polar surface area (TPSA) is 21.3 Å². The third-order valence-electron chi connectivity index (χ3n) is 3.00. The van der Waals surface area contributed by atoms with Crippen molar-refractivity contribution in [2.75, 3.05) is 13.2 Å². The highest BCUT2D eigenvalue weighted by Gasteiger charge is 2.14. The van der Waals surface area contributed by atoms with Crippen molar-refractivity contribution in [3.8, 4) is 0 Å². The zero-order valence-corrected chi connectivity index (χ0v) is 10.0. The largest absolute Gasteiger partial charge is 0.377 e. The molecule has 0 spiro atoms. The Balaban J connectivity index is 1.92. The van der Waals surface area contributed by atoms with E-state index in [0.717, 1.165) is 32.0 Å². The molecule has 0 radical (unpaired) electrons. The third kappa shape index (κ3) is 5.95. The van der Waals surface area contributed by atoms with E-state index in [9.17, 15) is 0 Å². The lowest BCUT2D eigenvalue weighted by molar-refractivity contribution is 0.0628. The predicted octanol–water partition coefficient (Wildman–Crippen LogP) is 2.89. The molecular formula is C13H25NO. The molecule has 0 saturated heterocycles. The summed E-state index contributed by atoms with van der Waals surface area (Å²) in [4.78, 5) is 0. The molecule has 1 aliphatic rings. The van der Waals surface area contributed by atoms with E-state index < -0.39 is 0 Å². The van der Waals surface area contributed by atoms with Gasteiger partial charge >= 0.3 is 0 Å². The number of hydrogen-bond donors (Lipinski definition) is 1. The molecule has 1 aliphatic carbocycles. The maximum Gasteiger partial charge on any atom is 0.0671 e. The Morgan fingerprint density at radius 3 is 2.87 bits per heavy atom. The molecule has 88 valence electrons. The molecule has 0 amide bonds. The second kappa shape index (κ2) is 7.89. The van der Waals surface area contributed by atoms with Crippen LogP contribution in [0.25, 0.3) is 0 Å². The standard InChI is InChI=1S/C13H25NO/c1-3-4-7-10-15-12(2)11-14-13-8-5-6-9-13/h3,12-14H,1,4-11H2,2H3. The van der Waals surface area contributed by atoms with Crippen LogP contribution in [-0.2, 0) is 4.74 Å². The van der Waals surface area contributed by atoms with E-state index in [1.807, 2.05) is 6.08 Å². The van der Waals surface area contributed by atoms with Crippen molar-refractivity contribution in [2.45, 2.75) is 57.6 Å². The molecule has 0 aromatic heterocycles. The van der Waals surface area contributed by atoms with E-state index in [-0.39, 0.29) is 0 Å². The van der Waals surface area contributed by atoms with Gasteiger partial charge in [-0.3, -0.25) is 0 Å². The Morgan fingerprint density at radius 1 is 1.47 bits per heavy atom. The van der Waals surface area contributed by atoms with E-state index in [1.54, 1.807) is 0 Å². The van der Waals surface area contributed by atoms with Gasteiger partial charge in [-0.2, -0.15) is 0 Å². The molecule has 2 nitrogen and oxygen atoms in total. The second-order valence-electron chi connectivity index (χ2n) is 4.50. The van der Waals surface area contributed by atoms with Crippen LogP contribution in [0.15, 0.2) is 12.7 Å². The fraction of sp³-hybridized carbons (Fsp3) is 0.846. The summed E-state index contributed by atoms with van der Waals surface area (Å²) < 4.78 is 5.69. The maximum absolute atomic E-state index is 5.69. The normalized spacial score (nSPS) is 19.3. The molecule has 0 aliphatic heterocycles. The number of rotatable bonds is 8. The lowest BCUT2D eigenvalue weighted by Gasteiger charge is -2.17. The Kier molecular flexibility index (Phi) is 6.69. The van der Waals surface area contributed by atoms with Crippen LogP contribution in [0.4, 0.5) is 0 Å². The van der Waals surface area contributed by atoms with Crippen LogP contribution in [0.2, 0.25) is 0 Å². The molecule has 1 saturated carbocycles. The third-order valence-corrected chi connectivity index (χ3v) is 3.00. The molecule has 0 heterocycles. The van der Waals surface area contributed by atoms with Crippen molar-refractivity contribution in [2.24, 2.45) is 0 Å². The predicted molar refractivity (Wildman–Crippen MR) is 65.1 cm³/mol. The fourth-order valence-corrected chi connectivity index (χ4v) is 2.03. The van der Waals surface area contributed by atoms with Gasteiger partial charge in [-0.15, -0.1) is 6.58 Å². The summed E-state index contributed by atoms with van der Waals surface area (Å²) in [6.07, 6.45) is 9.94. The SMILES string of the molecule is C=CCCCOC(C)CNC1CCCC1. The second-order valence-corrected chi connectivity index (χ2v) is 4.50. The van der Waals surface area contributed by atoms with E-state index in [2.05, 4.69) is 18.8 Å². The minimum atomic E-state index is 0.343. The van der Waals surface area contributed by atoms with E-state index in [4.69, 9.17) is 4.74 Å². The zero-order chi connectivity index (χ0) is 10.9. The van der Waals surface area contributed by atoms with Crippen LogP contribution in [0.5, 0.6) is 0 Å². The van der Waals surface area contributed by atoms with Gasteiger partial charge < -0.3 is 10.1 Å². The van der Waals surface area contributed by atoms with Gasteiger partial charge in [0.25, 0.3) is 0 Å². The average Bonchev–Trinajstić information content (AvgIpc) is 2.74.